The van der Waals surface area contributed by atoms with Gasteiger partial charge in [0, 0.05) is 0 Å². The summed E-state index contributed by atoms with van der Waals surface area (Å²) in [4.78, 5) is 4.27. The van der Waals surface area contributed by atoms with Crippen molar-refractivity contribution in [3.63, 3.8) is 0 Å². The normalized spacial score (nSPS) is 10.9. The zero-order valence-electron chi connectivity index (χ0n) is 7.97. The fraction of sp³-hybridized carbons (Fsp3) is 0. The first-order valence-electron chi connectivity index (χ1n) is 4.33. The van der Waals surface area contributed by atoms with E-state index in [1.54, 1.807) is 16.9 Å². The molecule has 0 aliphatic heterocycles. The average molecular weight is 338 g/mol. The standard InChI is InChI=1S/C11H6N2.2ClH.Ru/c1-8-10(7-12)5-4-9-3-2-6-13-11(8)9;;;/h1-6H;2*1H;/q;;;+2/p-2. The molecule has 0 fully saturated rings. The molecule has 0 bridgehead atoms. The second-order valence-electron chi connectivity index (χ2n) is 3.02. The molecule has 0 spiro atoms. The van der Waals surface area contributed by atoms with Gasteiger partial charge >= 0.3 is 106 Å². The number of halogens is 2. The molecule has 1 aromatic carbocycles. The van der Waals surface area contributed by atoms with Crippen molar-refractivity contribution >= 4 is 34.9 Å². The third-order valence-corrected chi connectivity index (χ3v) is 3.91. The molecule has 2 aromatic rings. The third-order valence-electron chi connectivity index (χ3n) is 2.11. The van der Waals surface area contributed by atoms with E-state index >= 15 is 0 Å². The molecule has 0 aliphatic rings. The number of nitriles is 1. The summed E-state index contributed by atoms with van der Waals surface area (Å²) in [6, 6.07) is 9.57. The number of hydrogen-bond acceptors (Lipinski definition) is 2. The van der Waals surface area contributed by atoms with Crippen LogP contribution in [0.1, 0.15) is 11.1 Å². The van der Waals surface area contributed by atoms with Crippen LogP contribution in [0.3, 0.4) is 0 Å². The van der Waals surface area contributed by atoms with E-state index in [0.717, 1.165) is 16.5 Å². The van der Waals surface area contributed by atoms with Crippen molar-refractivity contribution in [3.05, 3.63) is 41.6 Å². The van der Waals surface area contributed by atoms with Crippen LogP contribution in [0.25, 0.3) is 10.9 Å². The second-order valence-corrected chi connectivity index (χ2v) is 8.75. The number of benzene rings is 1. The Morgan fingerprint density at radius 1 is 1.31 bits per heavy atom. The van der Waals surface area contributed by atoms with Gasteiger partial charge < -0.3 is 0 Å². The molecular weight excluding hydrogens is 332 g/mol. The fourth-order valence-corrected chi connectivity index (χ4v) is 3.25. The summed E-state index contributed by atoms with van der Waals surface area (Å²) in [6.45, 7) is 0. The molecule has 0 radical (unpaired) electrons. The number of rotatable bonds is 1. The molecule has 1 heterocycles. The Bertz CT molecular complexity index is 613. The maximum atomic E-state index is 9.02. The van der Waals surface area contributed by atoms with Crippen LogP contribution in [-0.2, 0) is 13.5 Å². The first kappa shape index (κ1) is 11.7. The molecular formula is C11H6Cl2N2Ru. The Labute approximate surface area is 106 Å². The van der Waals surface area contributed by atoms with Crippen LogP contribution in [0, 0.1) is 11.3 Å². The predicted molar refractivity (Wildman–Crippen MR) is 63.3 cm³/mol. The number of fused-ring (bicyclic) bond motifs is 1. The molecule has 1 aromatic heterocycles. The summed E-state index contributed by atoms with van der Waals surface area (Å²) < 4.78 is 1.77. The summed E-state index contributed by atoms with van der Waals surface area (Å²) in [5.74, 6) is 0. The van der Waals surface area contributed by atoms with Gasteiger partial charge in [-0.25, -0.2) is 0 Å². The zero-order valence-corrected chi connectivity index (χ0v) is 11.2. The van der Waals surface area contributed by atoms with E-state index in [-0.39, 0.29) is 0 Å². The van der Waals surface area contributed by atoms with Crippen molar-refractivity contribution < 1.29 is 13.5 Å². The van der Waals surface area contributed by atoms with Crippen molar-refractivity contribution in [2.45, 2.75) is 0 Å². The summed E-state index contributed by atoms with van der Waals surface area (Å²) in [7, 11) is 11.7. The fourth-order valence-electron chi connectivity index (χ4n) is 1.45. The summed E-state index contributed by atoms with van der Waals surface area (Å²) in [5, 5.41) is 10.0. The van der Waals surface area contributed by atoms with Gasteiger partial charge in [0.2, 0.25) is 0 Å². The number of hydrogen-bond donors (Lipinski definition) is 0. The monoisotopic (exact) mass is 338 g/mol. The van der Waals surface area contributed by atoms with E-state index < -0.39 is 13.5 Å². The Morgan fingerprint density at radius 3 is 2.81 bits per heavy atom. The van der Waals surface area contributed by atoms with Crippen LogP contribution < -0.4 is 0 Å². The summed E-state index contributed by atoms with van der Waals surface area (Å²) >= 11 is -1.96. The number of aromatic nitrogens is 1. The van der Waals surface area contributed by atoms with Crippen LogP contribution in [0.2, 0.25) is 0 Å². The van der Waals surface area contributed by atoms with Gasteiger partial charge in [-0.3, -0.25) is 0 Å². The molecule has 0 N–H and O–H groups in total. The van der Waals surface area contributed by atoms with Crippen molar-refractivity contribution in [2.24, 2.45) is 0 Å². The molecule has 0 saturated heterocycles. The van der Waals surface area contributed by atoms with Crippen molar-refractivity contribution in [1.82, 2.24) is 4.98 Å². The summed E-state index contributed by atoms with van der Waals surface area (Å²) in [6.07, 6.45) is 1.69. The minimum absolute atomic E-state index is 0.561. The Balaban J connectivity index is 2.85. The van der Waals surface area contributed by atoms with Crippen LogP contribution in [-0.4, -0.2) is 9.59 Å². The average Bonchev–Trinajstić information content (AvgIpc) is 2.29. The summed E-state index contributed by atoms with van der Waals surface area (Å²) in [5.41, 5.74) is 2.09. The van der Waals surface area contributed by atoms with Crippen molar-refractivity contribution in [2.75, 3.05) is 0 Å². The van der Waals surface area contributed by atoms with E-state index in [9.17, 15) is 0 Å². The van der Waals surface area contributed by atoms with E-state index in [0.29, 0.717) is 5.56 Å². The first-order valence-corrected chi connectivity index (χ1v) is 9.81. The molecule has 0 aliphatic carbocycles. The topological polar surface area (TPSA) is 36.7 Å². The molecule has 16 heavy (non-hydrogen) atoms. The van der Waals surface area contributed by atoms with Crippen molar-refractivity contribution in [1.29, 1.82) is 5.26 Å². The third kappa shape index (κ3) is 2.30. The van der Waals surface area contributed by atoms with Crippen molar-refractivity contribution in [3.8, 4) is 6.07 Å². The molecule has 2 nitrogen and oxygen atoms in total. The Hall–Kier alpha value is -0.807. The second kappa shape index (κ2) is 5.02. The van der Waals surface area contributed by atoms with Crippen LogP contribution >= 0.6 is 19.4 Å². The zero-order chi connectivity index (χ0) is 11.5. The maximum absolute atomic E-state index is 9.02. The van der Waals surface area contributed by atoms with Gasteiger partial charge in [-0.2, -0.15) is 0 Å². The molecule has 0 unspecified atom stereocenters. The van der Waals surface area contributed by atoms with E-state index in [1.165, 1.54) is 0 Å². The molecule has 82 valence electrons. The van der Waals surface area contributed by atoms with Gasteiger partial charge in [-0.05, 0) is 0 Å². The number of pyridine rings is 1. The van der Waals surface area contributed by atoms with E-state index in [2.05, 4.69) is 11.1 Å². The molecule has 0 atom stereocenters. The predicted octanol–water partition coefficient (Wildman–Crippen LogP) is 3.18. The van der Waals surface area contributed by atoms with Gasteiger partial charge in [0.25, 0.3) is 0 Å². The van der Waals surface area contributed by atoms with E-state index in [1.807, 2.05) is 18.2 Å². The quantitative estimate of drug-likeness (QED) is 0.749. The molecule has 0 saturated carbocycles. The van der Waals surface area contributed by atoms with Gasteiger partial charge in [0.15, 0.2) is 0 Å². The van der Waals surface area contributed by atoms with Gasteiger partial charge in [0.1, 0.15) is 0 Å². The SMILES string of the molecule is N#Cc1ccc2cccnc2c1[CH]=[Ru]([Cl])[Cl]. The van der Waals surface area contributed by atoms with Gasteiger partial charge in [0.05, 0.1) is 0 Å². The van der Waals surface area contributed by atoms with Crippen LogP contribution in [0.5, 0.6) is 0 Å². The van der Waals surface area contributed by atoms with Gasteiger partial charge in [-0.15, -0.1) is 0 Å². The Kier molecular flexibility index (Phi) is 3.66. The number of nitrogens with zero attached hydrogens (tertiary/aromatic N) is 2. The first-order chi connectivity index (χ1) is 7.72. The van der Waals surface area contributed by atoms with Gasteiger partial charge in [-0.1, -0.05) is 0 Å². The molecule has 5 heteroatoms. The minimum atomic E-state index is -1.96. The Morgan fingerprint density at radius 2 is 2.12 bits per heavy atom. The molecule has 0 amide bonds. The van der Waals surface area contributed by atoms with Crippen LogP contribution in [0.4, 0.5) is 0 Å². The van der Waals surface area contributed by atoms with E-state index in [4.69, 9.17) is 24.6 Å². The molecule has 2 rings (SSSR count). The van der Waals surface area contributed by atoms with Crippen LogP contribution in [0.15, 0.2) is 30.5 Å².